The number of carboxylic acids is 1. The Kier molecular flexibility index (Phi) is 9.09. The van der Waals surface area contributed by atoms with Gasteiger partial charge in [0.05, 0.1) is 28.5 Å². The number of hydrogen-bond acceptors (Lipinski definition) is 6. The average Bonchev–Trinajstić information content (AvgIpc) is 3.28. The van der Waals surface area contributed by atoms with Gasteiger partial charge >= 0.3 is 5.97 Å². The fraction of sp³-hybridized carbons (Fsp3) is 0.297. The number of fused-ring (bicyclic) bond motifs is 1. The van der Waals surface area contributed by atoms with Gasteiger partial charge in [-0.25, -0.2) is 4.39 Å². The topological polar surface area (TPSA) is 94.3 Å². The number of aryl methyl sites for hydroxylation is 2. The first-order chi connectivity index (χ1) is 21.6. The van der Waals surface area contributed by atoms with Crippen LogP contribution in [0.15, 0.2) is 82.7 Å². The van der Waals surface area contributed by atoms with Crippen LogP contribution in [0.4, 0.5) is 4.39 Å². The van der Waals surface area contributed by atoms with Gasteiger partial charge in [-0.3, -0.25) is 24.1 Å². The minimum atomic E-state index is -1.15. The lowest BCUT2D eigenvalue weighted by atomic mass is 9.87. The van der Waals surface area contributed by atoms with Crippen molar-refractivity contribution in [2.75, 3.05) is 0 Å². The number of rotatable bonds is 9. The molecule has 0 spiro atoms. The van der Waals surface area contributed by atoms with E-state index in [4.69, 9.17) is 4.74 Å². The van der Waals surface area contributed by atoms with Crippen LogP contribution in [0.25, 0.3) is 22.2 Å². The summed E-state index contributed by atoms with van der Waals surface area (Å²) in [5.74, 6) is -0.926. The monoisotopic (exact) mass is 639 g/mol. The second-order valence-electron chi connectivity index (χ2n) is 13.2. The normalized spacial score (nSPS) is 12.0. The van der Waals surface area contributed by atoms with Crippen LogP contribution in [0.5, 0.6) is 5.75 Å². The molecule has 0 aliphatic heterocycles. The Morgan fingerprint density at radius 1 is 0.957 bits per heavy atom. The molecule has 0 unspecified atom stereocenters. The number of halogens is 1. The molecule has 0 aliphatic rings. The van der Waals surface area contributed by atoms with Gasteiger partial charge in [0.15, 0.2) is 0 Å². The van der Waals surface area contributed by atoms with Crippen molar-refractivity contribution < 1.29 is 23.8 Å². The zero-order valence-electron chi connectivity index (χ0n) is 27.1. The van der Waals surface area contributed by atoms with Gasteiger partial charge < -0.3 is 9.84 Å². The Hall–Kier alpha value is -4.50. The first-order valence-electron chi connectivity index (χ1n) is 15.1. The Morgan fingerprint density at radius 2 is 1.67 bits per heavy atom. The predicted octanol–water partition coefficient (Wildman–Crippen LogP) is 8.92. The Bertz CT molecular complexity index is 1920. The molecule has 0 aliphatic carbocycles. The summed E-state index contributed by atoms with van der Waals surface area (Å²) in [5.41, 5.74) is 3.71. The van der Waals surface area contributed by atoms with Gasteiger partial charge in [-0.1, -0.05) is 50.7 Å². The highest BCUT2D eigenvalue weighted by Gasteiger charge is 2.35. The van der Waals surface area contributed by atoms with Crippen molar-refractivity contribution in [3.05, 3.63) is 101 Å². The molecular weight excluding hydrogens is 601 g/mol. The van der Waals surface area contributed by atoms with Crippen molar-refractivity contribution >= 4 is 34.5 Å². The highest BCUT2D eigenvalue weighted by Crippen LogP contribution is 2.43. The quantitative estimate of drug-likeness (QED) is 0.172. The number of benzene rings is 2. The number of aromatic nitrogens is 3. The molecule has 9 heteroatoms. The van der Waals surface area contributed by atoms with Crippen molar-refractivity contribution in [2.24, 2.45) is 10.8 Å². The van der Waals surface area contributed by atoms with Crippen molar-refractivity contribution in [3.63, 3.8) is 0 Å². The largest absolute Gasteiger partial charge is 0.487 e. The molecule has 0 fully saturated rings. The smallest absolute Gasteiger partial charge is 0.309 e. The highest BCUT2D eigenvalue weighted by atomic mass is 32.2. The summed E-state index contributed by atoms with van der Waals surface area (Å²) < 4.78 is 21.3. The van der Waals surface area contributed by atoms with Crippen molar-refractivity contribution in [1.29, 1.82) is 0 Å². The third-order valence-corrected chi connectivity index (χ3v) is 9.08. The van der Waals surface area contributed by atoms with Gasteiger partial charge in [0.25, 0.3) is 0 Å². The molecule has 0 amide bonds. The number of nitrogens with zero attached hydrogens (tertiary/aromatic N) is 3. The summed E-state index contributed by atoms with van der Waals surface area (Å²) in [6.45, 7) is 13.1. The van der Waals surface area contributed by atoms with E-state index >= 15 is 0 Å². The number of carbonyl (C=O) groups is 2. The van der Waals surface area contributed by atoms with E-state index in [1.807, 2.05) is 89.2 Å². The molecule has 7 nitrogen and oxygen atoms in total. The summed E-state index contributed by atoms with van der Waals surface area (Å²) in [6.07, 6.45) is 1.31. The number of carbonyl (C=O) groups excluding carboxylic acids is 1. The lowest BCUT2D eigenvalue weighted by Gasteiger charge is -2.24. The lowest BCUT2D eigenvalue weighted by Crippen LogP contribution is -2.32. The molecular formula is C37H38FN3O4S. The first kappa shape index (κ1) is 32.9. The second-order valence-corrected chi connectivity index (χ2v) is 14.3. The standard InChI is InChI=1S/C37H38FN3O4S/c1-22-8-12-26(40-23(22)2)21-45-27-13-16-29-31(18-27)41(34(42)36(3,4)5)32(19-37(6,7)35(43)44)33(29)46-28-14-9-24(10-15-28)30-17-11-25(38)20-39-30/h8-18,20H,19,21H2,1-7H3,(H,43,44). The minimum absolute atomic E-state index is 0.126. The number of ether oxygens (including phenoxy) is 1. The van der Waals surface area contributed by atoms with E-state index in [0.29, 0.717) is 22.7 Å². The summed E-state index contributed by atoms with van der Waals surface area (Å²) in [5, 5.41) is 10.9. The average molecular weight is 640 g/mol. The molecule has 2 aromatic carbocycles. The maximum absolute atomic E-state index is 14.1. The molecule has 46 heavy (non-hydrogen) atoms. The molecule has 5 rings (SSSR count). The highest BCUT2D eigenvalue weighted by molar-refractivity contribution is 7.99. The Morgan fingerprint density at radius 3 is 2.28 bits per heavy atom. The molecule has 0 atom stereocenters. The molecule has 0 bridgehead atoms. The van der Waals surface area contributed by atoms with Crippen LogP contribution in [0.3, 0.4) is 0 Å². The maximum Gasteiger partial charge on any atom is 0.309 e. The van der Waals surface area contributed by atoms with E-state index in [-0.39, 0.29) is 18.9 Å². The summed E-state index contributed by atoms with van der Waals surface area (Å²) in [6, 6.07) is 20.3. The van der Waals surface area contributed by atoms with Crippen LogP contribution in [0, 0.1) is 30.5 Å². The van der Waals surface area contributed by atoms with E-state index in [1.165, 1.54) is 24.0 Å². The molecule has 3 aromatic heterocycles. The molecule has 0 saturated carbocycles. The van der Waals surface area contributed by atoms with E-state index in [9.17, 15) is 19.1 Å². The fourth-order valence-corrected chi connectivity index (χ4v) is 6.07. The molecule has 5 aromatic rings. The molecule has 238 valence electrons. The maximum atomic E-state index is 14.1. The van der Waals surface area contributed by atoms with Crippen molar-refractivity contribution in [1.82, 2.24) is 14.5 Å². The van der Waals surface area contributed by atoms with Crippen LogP contribution < -0.4 is 4.74 Å². The van der Waals surface area contributed by atoms with Crippen molar-refractivity contribution in [2.45, 2.75) is 71.3 Å². The number of pyridine rings is 2. The van der Waals surface area contributed by atoms with Gasteiger partial charge in [-0.15, -0.1) is 0 Å². The van der Waals surface area contributed by atoms with E-state index in [1.54, 1.807) is 24.5 Å². The van der Waals surface area contributed by atoms with Gasteiger partial charge in [-0.2, -0.15) is 0 Å². The SMILES string of the molecule is Cc1ccc(COc2ccc3c(Sc4ccc(-c5ccc(F)cn5)cc4)c(CC(C)(C)C(=O)O)n(C(=O)C(C)(C)C)c3c2)nc1C. The van der Waals surface area contributed by atoms with E-state index in [0.717, 1.165) is 37.7 Å². The van der Waals surface area contributed by atoms with Crippen LogP contribution in [-0.2, 0) is 17.8 Å². The minimum Gasteiger partial charge on any atom is -0.487 e. The van der Waals surface area contributed by atoms with Crippen LogP contribution in [-0.4, -0.2) is 31.5 Å². The summed E-state index contributed by atoms with van der Waals surface area (Å²) >= 11 is 1.47. The lowest BCUT2D eigenvalue weighted by molar-refractivity contribution is -0.146. The van der Waals surface area contributed by atoms with Gasteiger partial charge in [-0.05, 0) is 75.7 Å². The number of aliphatic carboxylic acids is 1. The van der Waals surface area contributed by atoms with Gasteiger partial charge in [0.2, 0.25) is 5.91 Å². The van der Waals surface area contributed by atoms with Crippen LogP contribution in [0.2, 0.25) is 0 Å². The molecule has 0 saturated heterocycles. The molecule has 1 N–H and O–H groups in total. The fourth-order valence-electron chi connectivity index (χ4n) is 4.99. The zero-order valence-corrected chi connectivity index (χ0v) is 28.0. The Balaban J connectivity index is 1.61. The zero-order chi connectivity index (χ0) is 33.4. The Labute approximate surface area is 272 Å². The molecule has 3 heterocycles. The third kappa shape index (κ3) is 6.99. The predicted molar refractivity (Wildman–Crippen MR) is 179 cm³/mol. The number of carboxylic acid groups (broad SMARTS) is 1. The van der Waals surface area contributed by atoms with Crippen molar-refractivity contribution in [3.8, 4) is 17.0 Å². The van der Waals surface area contributed by atoms with Crippen LogP contribution >= 0.6 is 11.8 Å². The second kappa shape index (κ2) is 12.7. The summed E-state index contributed by atoms with van der Waals surface area (Å²) in [7, 11) is 0. The van der Waals surface area contributed by atoms with E-state index in [2.05, 4.69) is 9.97 Å². The third-order valence-electron chi connectivity index (χ3n) is 7.91. The van der Waals surface area contributed by atoms with Gasteiger partial charge in [0.1, 0.15) is 18.2 Å². The van der Waals surface area contributed by atoms with Gasteiger partial charge in [0, 0.05) is 50.0 Å². The summed E-state index contributed by atoms with van der Waals surface area (Å²) in [4.78, 5) is 37.0. The van der Waals surface area contributed by atoms with Crippen LogP contribution in [0.1, 0.15) is 62.1 Å². The van der Waals surface area contributed by atoms with E-state index < -0.39 is 22.6 Å². The molecule has 0 radical (unpaired) electrons. The number of hydrogen-bond donors (Lipinski definition) is 1. The first-order valence-corrected chi connectivity index (χ1v) is 15.9.